The zero-order valence-corrected chi connectivity index (χ0v) is 9.32. The van der Waals surface area contributed by atoms with Crippen LogP contribution in [0, 0.1) is 0 Å². The molecule has 0 aliphatic heterocycles. The quantitative estimate of drug-likeness (QED) is 0.888. The van der Waals surface area contributed by atoms with Gasteiger partial charge in [-0.3, -0.25) is 0 Å². The minimum absolute atomic E-state index is 0.380. The third kappa shape index (κ3) is 2.87. The fourth-order valence-electron chi connectivity index (χ4n) is 1.29. The molecule has 0 bridgehead atoms. The first-order chi connectivity index (χ1) is 7.74. The van der Waals surface area contributed by atoms with Gasteiger partial charge in [-0.25, -0.2) is 4.98 Å². The van der Waals surface area contributed by atoms with Gasteiger partial charge in [0.2, 0.25) is 0 Å². The van der Waals surface area contributed by atoms with Crippen LogP contribution >= 0.6 is 11.6 Å². The first-order valence-electron chi connectivity index (χ1n) is 4.84. The van der Waals surface area contributed by atoms with Crippen LogP contribution in [0.15, 0.2) is 42.5 Å². The van der Waals surface area contributed by atoms with E-state index in [4.69, 9.17) is 22.1 Å². The number of aromatic nitrogens is 1. The van der Waals surface area contributed by atoms with Crippen molar-refractivity contribution in [1.82, 2.24) is 4.98 Å². The molecule has 82 valence electrons. The third-order valence-electron chi connectivity index (χ3n) is 2.01. The van der Waals surface area contributed by atoms with Crippen LogP contribution in [0.25, 0.3) is 0 Å². The number of ether oxygens (including phenoxy) is 1. The zero-order chi connectivity index (χ0) is 11.4. The highest BCUT2D eigenvalue weighted by Crippen LogP contribution is 2.18. The molecule has 0 spiro atoms. The Labute approximate surface area is 98.8 Å². The van der Waals surface area contributed by atoms with Gasteiger partial charge in [0.15, 0.2) is 0 Å². The van der Waals surface area contributed by atoms with Crippen LogP contribution in [-0.2, 0) is 6.61 Å². The summed E-state index contributed by atoms with van der Waals surface area (Å²) in [5, 5.41) is 0.651. The normalized spacial score (nSPS) is 10.1. The third-order valence-corrected chi connectivity index (χ3v) is 2.25. The number of hydrogen-bond acceptors (Lipinski definition) is 3. The summed E-state index contributed by atoms with van der Waals surface area (Å²) in [4.78, 5) is 4.13. The molecule has 0 fully saturated rings. The summed E-state index contributed by atoms with van der Waals surface area (Å²) in [6, 6.07) is 12.7. The van der Waals surface area contributed by atoms with Crippen molar-refractivity contribution in [2.45, 2.75) is 6.61 Å². The highest BCUT2D eigenvalue weighted by molar-refractivity contribution is 6.30. The average Bonchev–Trinajstić information content (AvgIpc) is 2.27. The Hall–Kier alpha value is -1.74. The van der Waals surface area contributed by atoms with Gasteiger partial charge in [-0.1, -0.05) is 23.7 Å². The second-order valence-electron chi connectivity index (χ2n) is 3.30. The molecule has 0 unspecified atom stereocenters. The smallest absolute Gasteiger partial charge is 0.130 e. The molecular weight excluding hydrogens is 224 g/mol. The second-order valence-corrected chi connectivity index (χ2v) is 3.74. The van der Waals surface area contributed by atoms with Crippen LogP contribution in [0.2, 0.25) is 5.02 Å². The number of benzene rings is 1. The number of nitrogens with zero attached hydrogens (tertiary/aromatic N) is 1. The molecule has 1 aromatic carbocycles. The van der Waals surface area contributed by atoms with Gasteiger partial charge in [0, 0.05) is 5.02 Å². The fourth-order valence-corrected chi connectivity index (χ4v) is 1.47. The Morgan fingerprint density at radius 3 is 2.75 bits per heavy atom. The van der Waals surface area contributed by atoms with Crippen LogP contribution in [0.3, 0.4) is 0 Å². The van der Waals surface area contributed by atoms with Crippen molar-refractivity contribution in [2.24, 2.45) is 0 Å². The number of nitrogen functional groups attached to an aromatic ring is 1. The maximum absolute atomic E-state index is 5.84. The van der Waals surface area contributed by atoms with Gasteiger partial charge >= 0.3 is 0 Å². The topological polar surface area (TPSA) is 48.1 Å². The number of anilines is 1. The van der Waals surface area contributed by atoms with Crippen LogP contribution in [0.1, 0.15) is 5.69 Å². The van der Waals surface area contributed by atoms with Crippen LogP contribution in [-0.4, -0.2) is 4.98 Å². The lowest BCUT2D eigenvalue weighted by molar-refractivity contribution is 0.301. The first kappa shape index (κ1) is 10.8. The number of pyridine rings is 1. The minimum Gasteiger partial charge on any atom is -0.487 e. The standard InChI is InChI=1S/C12H11ClN2O/c13-9-3-1-5-11(7-9)16-8-10-4-2-6-12(14)15-10/h1-7H,8H2,(H2,14,15). The Kier molecular flexibility index (Phi) is 3.27. The lowest BCUT2D eigenvalue weighted by atomic mass is 10.3. The SMILES string of the molecule is Nc1cccc(COc2cccc(Cl)c2)n1. The van der Waals surface area contributed by atoms with E-state index in [1.54, 1.807) is 18.2 Å². The van der Waals surface area contributed by atoms with Crippen molar-refractivity contribution in [3.63, 3.8) is 0 Å². The molecule has 0 aliphatic rings. The van der Waals surface area contributed by atoms with Gasteiger partial charge in [0.1, 0.15) is 18.2 Å². The molecular formula is C12H11ClN2O. The Morgan fingerprint density at radius 2 is 2.00 bits per heavy atom. The highest BCUT2D eigenvalue weighted by Gasteiger charge is 1.98. The van der Waals surface area contributed by atoms with Crippen molar-refractivity contribution >= 4 is 17.4 Å². The molecule has 2 N–H and O–H groups in total. The van der Waals surface area contributed by atoms with Gasteiger partial charge < -0.3 is 10.5 Å². The van der Waals surface area contributed by atoms with E-state index in [1.165, 1.54) is 0 Å². The summed E-state index contributed by atoms with van der Waals surface area (Å²) < 4.78 is 5.53. The van der Waals surface area contributed by atoms with E-state index in [2.05, 4.69) is 4.98 Å². The van der Waals surface area contributed by atoms with Crippen molar-refractivity contribution in [1.29, 1.82) is 0 Å². The molecule has 3 nitrogen and oxygen atoms in total. The molecule has 4 heteroatoms. The molecule has 2 aromatic rings. The fraction of sp³-hybridized carbons (Fsp3) is 0.0833. The van der Waals surface area contributed by atoms with Gasteiger partial charge in [-0.05, 0) is 30.3 Å². The van der Waals surface area contributed by atoms with Gasteiger partial charge in [0.05, 0.1) is 5.69 Å². The maximum atomic E-state index is 5.84. The molecule has 0 amide bonds. The molecule has 0 radical (unpaired) electrons. The summed E-state index contributed by atoms with van der Waals surface area (Å²) in [7, 11) is 0. The maximum Gasteiger partial charge on any atom is 0.130 e. The Morgan fingerprint density at radius 1 is 1.19 bits per heavy atom. The van der Waals surface area contributed by atoms with Crippen molar-refractivity contribution in [2.75, 3.05) is 5.73 Å². The lowest BCUT2D eigenvalue weighted by Crippen LogP contribution is -2.00. The summed E-state index contributed by atoms with van der Waals surface area (Å²) in [6.07, 6.45) is 0. The first-order valence-corrected chi connectivity index (χ1v) is 5.21. The highest BCUT2D eigenvalue weighted by atomic mass is 35.5. The van der Waals surface area contributed by atoms with E-state index in [0.717, 1.165) is 11.4 Å². The zero-order valence-electron chi connectivity index (χ0n) is 8.56. The van der Waals surface area contributed by atoms with Crippen molar-refractivity contribution in [3.05, 3.63) is 53.2 Å². The molecule has 0 aliphatic carbocycles. The van der Waals surface area contributed by atoms with E-state index in [-0.39, 0.29) is 0 Å². The average molecular weight is 235 g/mol. The monoisotopic (exact) mass is 234 g/mol. The summed E-state index contributed by atoms with van der Waals surface area (Å²) >= 11 is 5.84. The van der Waals surface area contributed by atoms with Gasteiger partial charge in [-0.15, -0.1) is 0 Å². The Balaban J connectivity index is 2.02. The van der Waals surface area contributed by atoms with E-state index >= 15 is 0 Å². The van der Waals surface area contributed by atoms with E-state index < -0.39 is 0 Å². The minimum atomic E-state index is 0.380. The molecule has 0 saturated carbocycles. The van der Waals surface area contributed by atoms with E-state index in [9.17, 15) is 0 Å². The van der Waals surface area contributed by atoms with Crippen LogP contribution < -0.4 is 10.5 Å². The van der Waals surface area contributed by atoms with Crippen LogP contribution in [0.4, 0.5) is 5.82 Å². The van der Waals surface area contributed by atoms with Gasteiger partial charge in [0.25, 0.3) is 0 Å². The van der Waals surface area contributed by atoms with Gasteiger partial charge in [-0.2, -0.15) is 0 Å². The number of nitrogens with two attached hydrogens (primary N) is 1. The predicted octanol–water partition coefficient (Wildman–Crippen LogP) is 2.90. The van der Waals surface area contributed by atoms with Crippen molar-refractivity contribution in [3.8, 4) is 5.75 Å². The van der Waals surface area contributed by atoms with E-state index in [1.807, 2.05) is 24.3 Å². The predicted molar refractivity (Wildman–Crippen MR) is 64.4 cm³/mol. The summed E-state index contributed by atoms with van der Waals surface area (Å²) in [6.45, 7) is 0.380. The number of hydrogen-bond donors (Lipinski definition) is 1. The lowest BCUT2D eigenvalue weighted by Gasteiger charge is -2.06. The molecule has 1 aromatic heterocycles. The summed E-state index contributed by atoms with van der Waals surface area (Å²) in [5.74, 6) is 1.21. The molecule has 0 saturated heterocycles. The van der Waals surface area contributed by atoms with Crippen LogP contribution in [0.5, 0.6) is 5.75 Å². The molecule has 0 atom stereocenters. The Bertz CT molecular complexity index is 442. The summed E-state index contributed by atoms with van der Waals surface area (Å²) in [5.41, 5.74) is 6.36. The van der Waals surface area contributed by atoms with Crippen molar-refractivity contribution < 1.29 is 4.74 Å². The molecule has 1 heterocycles. The molecule has 16 heavy (non-hydrogen) atoms. The number of rotatable bonds is 3. The largest absolute Gasteiger partial charge is 0.487 e. The number of halogens is 1. The molecule has 2 rings (SSSR count). The second kappa shape index (κ2) is 4.86. The van der Waals surface area contributed by atoms with E-state index in [0.29, 0.717) is 17.4 Å².